The number of fused-ring (bicyclic) bond motifs is 1. The van der Waals surface area contributed by atoms with Crippen LogP contribution in [0.4, 0.5) is 5.82 Å². The first kappa shape index (κ1) is 15.4. The summed E-state index contributed by atoms with van der Waals surface area (Å²) in [6, 6.07) is 11.4. The van der Waals surface area contributed by atoms with Gasteiger partial charge in [0.25, 0.3) is 11.8 Å². The fraction of sp³-hybridized carbons (Fsp3) is 0. The van der Waals surface area contributed by atoms with Crippen LogP contribution in [-0.4, -0.2) is 16.4 Å². The number of carbonyl (C=O) groups is 2. The van der Waals surface area contributed by atoms with Crippen molar-refractivity contribution in [1.82, 2.24) is 4.57 Å². The topological polar surface area (TPSA) is 91.1 Å². The molecule has 0 radical (unpaired) electrons. The van der Waals surface area contributed by atoms with E-state index in [2.05, 4.69) is 0 Å². The minimum absolute atomic E-state index is 0.00484. The van der Waals surface area contributed by atoms with Crippen molar-refractivity contribution in [3.63, 3.8) is 0 Å². The minimum Gasteiger partial charge on any atom is -0.384 e. The molecule has 1 amide bonds. The smallest absolute Gasteiger partial charge is 0.264 e. The lowest BCUT2D eigenvalue weighted by Crippen LogP contribution is -2.17. The van der Waals surface area contributed by atoms with Crippen LogP contribution in [0, 0.1) is 0 Å². The van der Waals surface area contributed by atoms with E-state index in [1.54, 1.807) is 24.3 Å². The summed E-state index contributed by atoms with van der Waals surface area (Å²) in [7, 11) is 0. The highest BCUT2D eigenvalue weighted by Gasteiger charge is 2.23. The number of nitrogens with two attached hydrogens (primary N) is 2. The molecule has 0 saturated carbocycles. The van der Waals surface area contributed by atoms with Gasteiger partial charge in [0, 0.05) is 10.9 Å². The maximum Gasteiger partial charge on any atom is 0.264 e. The van der Waals surface area contributed by atoms with Crippen LogP contribution in [0.15, 0.2) is 42.5 Å². The van der Waals surface area contributed by atoms with E-state index in [9.17, 15) is 9.59 Å². The number of primary amides is 1. The molecule has 116 valence electrons. The van der Waals surface area contributed by atoms with Gasteiger partial charge in [-0.1, -0.05) is 41.4 Å². The Kier molecular flexibility index (Phi) is 3.75. The molecule has 0 aliphatic carbocycles. The maximum atomic E-state index is 12.8. The highest BCUT2D eigenvalue weighted by molar-refractivity contribution is 6.42. The van der Waals surface area contributed by atoms with Crippen LogP contribution in [0.1, 0.15) is 20.7 Å². The fourth-order valence-electron chi connectivity index (χ4n) is 2.50. The van der Waals surface area contributed by atoms with Gasteiger partial charge in [0.2, 0.25) is 0 Å². The number of amides is 1. The Hall–Kier alpha value is -2.50. The number of rotatable bonds is 2. The summed E-state index contributed by atoms with van der Waals surface area (Å²) in [5.41, 5.74) is 12.3. The zero-order valence-corrected chi connectivity index (χ0v) is 13.2. The van der Waals surface area contributed by atoms with Crippen LogP contribution in [0.5, 0.6) is 0 Å². The van der Waals surface area contributed by atoms with Crippen molar-refractivity contribution in [1.29, 1.82) is 0 Å². The second-order valence-electron chi connectivity index (χ2n) is 4.91. The lowest BCUT2D eigenvalue weighted by Gasteiger charge is -2.07. The lowest BCUT2D eigenvalue weighted by atomic mass is 10.1. The lowest BCUT2D eigenvalue weighted by molar-refractivity contribution is 0.0967. The molecular formula is C16H11Cl2N3O2. The molecule has 0 aliphatic rings. The van der Waals surface area contributed by atoms with E-state index in [-0.39, 0.29) is 16.4 Å². The Balaban J connectivity index is 2.27. The summed E-state index contributed by atoms with van der Waals surface area (Å²) in [6.07, 6.45) is 0. The SMILES string of the molecule is NC(=O)c1c(N)n(C(=O)c2ccc(Cl)c(Cl)c2)c2ccccc12. The molecular weight excluding hydrogens is 337 g/mol. The summed E-state index contributed by atoms with van der Waals surface area (Å²) in [4.78, 5) is 24.5. The van der Waals surface area contributed by atoms with Gasteiger partial charge >= 0.3 is 0 Å². The molecule has 0 bridgehead atoms. The molecule has 23 heavy (non-hydrogen) atoms. The number of nitrogens with zero attached hydrogens (tertiary/aromatic N) is 1. The molecule has 4 N–H and O–H groups in total. The molecule has 0 unspecified atom stereocenters. The second kappa shape index (κ2) is 5.61. The van der Waals surface area contributed by atoms with Gasteiger partial charge < -0.3 is 11.5 Å². The fourth-order valence-corrected chi connectivity index (χ4v) is 2.79. The van der Waals surface area contributed by atoms with Crippen molar-refractivity contribution < 1.29 is 9.59 Å². The zero-order chi connectivity index (χ0) is 16.7. The Labute approximate surface area is 141 Å². The normalized spacial score (nSPS) is 10.9. The van der Waals surface area contributed by atoms with Crippen molar-refractivity contribution in [2.24, 2.45) is 5.73 Å². The number of halogens is 2. The zero-order valence-electron chi connectivity index (χ0n) is 11.7. The van der Waals surface area contributed by atoms with Gasteiger partial charge in [-0.2, -0.15) is 0 Å². The quantitative estimate of drug-likeness (QED) is 0.744. The molecule has 2 aromatic carbocycles. The Morgan fingerprint density at radius 3 is 2.35 bits per heavy atom. The number of carbonyl (C=O) groups excluding carboxylic acids is 2. The third-order valence-corrected chi connectivity index (χ3v) is 4.27. The first-order chi connectivity index (χ1) is 10.9. The molecule has 0 aliphatic heterocycles. The van der Waals surface area contributed by atoms with Crippen LogP contribution in [0.25, 0.3) is 10.9 Å². The molecule has 7 heteroatoms. The first-order valence-electron chi connectivity index (χ1n) is 6.60. The molecule has 5 nitrogen and oxygen atoms in total. The van der Waals surface area contributed by atoms with Crippen LogP contribution in [-0.2, 0) is 0 Å². The number of para-hydroxylation sites is 1. The molecule has 3 rings (SSSR count). The van der Waals surface area contributed by atoms with E-state index in [4.69, 9.17) is 34.7 Å². The third kappa shape index (κ3) is 2.44. The number of hydrogen-bond acceptors (Lipinski definition) is 3. The summed E-state index contributed by atoms with van der Waals surface area (Å²) in [5, 5.41) is 1.11. The van der Waals surface area contributed by atoms with Crippen LogP contribution in [0.3, 0.4) is 0 Å². The van der Waals surface area contributed by atoms with Crippen molar-refractivity contribution in [2.75, 3.05) is 5.73 Å². The van der Waals surface area contributed by atoms with Crippen molar-refractivity contribution in [3.05, 3.63) is 63.6 Å². The van der Waals surface area contributed by atoms with Gasteiger partial charge in [-0.3, -0.25) is 14.2 Å². The summed E-state index contributed by atoms with van der Waals surface area (Å²) in [5.74, 6) is -1.13. The molecule has 0 fully saturated rings. The van der Waals surface area contributed by atoms with E-state index < -0.39 is 11.8 Å². The Bertz CT molecular complexity index is 963. The number of aromatic nitrogens is 1. The number of nitrogen functional groups attached to an aromatic ring is 1. The van der Waals surface area contributed by atoms with Gasteiger partial charge in [0.1, 0.15) is 5.82 Å². The molecule has 1 heterocycles. The average molecular weight is 348 g/mol. The standard InChI is InChI=1S/C16H11Cl2N3O2/c17-10-6-5-8(7-11(10)18)16(23)21-12-4-2-1-3-9(12)13(14(21)19)15(20)22/h1-7H,19H2,(H2,20,22). The summed E-state index contributed by atoms with van der Waals surface area (Å²) >= 11 is 11.8. The van der Waals surface area contributed by atoms with Gasteiger partial charge in [-0.25, -0.2) is 0 Å². The largest absolute Gasteiger partial charge is 0.384 e. The predicted octanol–water partition coefficient (Wildman–Crippen LogP) is 3.32. The highest BCUT2D eigenvalue weighted by Crippen LogP contribution is 2.30. The van der Waals surface area contributed by atoms with Crippen molar-refractivity contribution in [2.45, 2.75) is 0 Å². The number of benzene rings is 2. The molecule has 3 aromatic rings. The third-order valence-electron chi connectivity index (χ3n) is 3.53. The maximum absolute atomic E-state index is 12.8. The minimum atomic E-state index is -0.695. The van der Waals surface area contributed by atoms with E-state index >= 15 is 0 Å². The van der Waals surface area contributed by atoms with Crippen LogP contribution >= 0.6 is 23.2 Å². The molecule has 0 saturated heterocycles. The van der Waals surface area contributed by atoms with Gasteiger partial charge in [0.15, 0.2) is 0 Å². The Morgan fingerprint density at radius 2 is 1.70 bits per heavy atom. The predicted molar refractivity (Wildman–Crippen MR) is 91.1 cm³/mol. The van der Waals surface area contributed by atoms with Gasteiger partial charge in [-0.05, 0) is 24.3 Å². The molecule has 0 spiro atoms. The second-order valence-corrected chi connectivity index (χ2v) is 5.73. The van der Waals surface area contributed by atoms with Gasteiger partial charge in [0.05, 0.1) is 21.1 Å². The summed E-state index contributed by atoms with van der Waals surface area (Å²) < 4.78 is 1.25. The van der Waals surface area contributed by atoms with Crippen molar-refractivity contribution >= 4 is 51.7 Å². The van der Waals surface area contributed by atoms with E-state index in [0.29, 0.717) is 21.5 Å². The number of hydrogen-bond donors (Lipinski definition) is 2. The van der Waals surface area contributed by atoms with Crippen LogP contribution < -0.4 is 11.5 Å². The average Bonchev–Trinajstić information content (AvgIpc) is 2.81. The highest BCUT2D eigenvalue weighted by atomic mass is 35.5. The van der Waals surface area contributed by atoms with E-state index in [0.717, 1.165) is 0 Å². The molecule has 0 atom stereocenters. The van der Waals surface area contributed by atoms with Crippen LogP contribution in [0.2, 0.25) is 10.0 Å². The summed E-state index contributed by atoms with van der Waals surface area (Å²) in [6.45, 7) is 0. The van der Waals surface area contributed by atoms with Crippen molar-refractivity contribution in [3.8, 4) is 0 Å². The monoisotopic (exact) mass is 347 g/mol. The number of anilines is 1. The van der Waals surface area contributed by atoms with Gasteiger partial charge in [-0.15, -0.1) is 0 Å². The van der Waals surface area contributed by atoms with E-state index in [1.807, 2.05) is 0 Å². The van der Waals surface area contributed by atoms with E-state index in [1.165, 1.54) is 22.8 Å². The Morgan fingerprint density at radius 1 is 1.00 bits per heavy atom. The molecule has 1 aromatic heterocycles. The first-order valence-corrected chi connectivity index (χ1v) is 7.36.